The molecule has 0 saturated heterocycles. The molecule has 0 N–H and O–H groups in total. The van der Waals surface area contributed by atoms with Crippen molar-refractivity contribution in [1.82, 2.24) is 9.13 Å². The van der Waals surface area contributed by atoms with Crippen LogP contribution >= 0.6 is 0 Å². The van der Waals surface area contributed by atoms with Crippen molar-refractivity contribution in [2.75, 3.05) is 0 Å². The summed E-state index contributed by atoms with van der Waals surface area (Å²) in [4.78, 5) is 21.7. The van der Waals surface area contributed by atoms with E-state index < -0.39 is 5.91 Å². The lowest BCUT2D eigenvalue weighted by molar-refractivity contribution is -0.790. The summed E-state index contributed by atoms with van der Waals surface area (Å²) in [5, 5.41) is 4.33. The zero-order valence-electron chi connectivity index (χ0n) is 24.0. The number of aliphatic imine (C=N–C) groups is 2. The molecule has 0 bridgehead atoms. The Kier molecular flexibility index (Phi) is 3.84. The first-order chi connectivity index (χ1) is 21.8. The summed E-state index contributed by atoms with van der Waals surface area (Å²) in [5.41, 5.74) is 6.13. The van der Waals surface area contributed by atoms with Gasteiger partial charge in [-0.1, -0.05) is 88.8 Å². The van der Waals surface area contributed by atoms with Crippen molar-refractivity contribution in [3.8, 4) is 0 Å². The number of hydrogen-bond donors (Lipinski definition) is 0. The van der Waals surface area contributed by atoms with Gasteiger partial charge in [-0.2, -0.15) is 9.13 Å². The number of amidine groups is 4. The lowest BCUT2D eigenvalue weighted by atomic mass is 10.1. The van der Waals surface area contributed by atoms with E-state index in [0.29, 0.717) is 0 Å². The van der Waals surface area contributed by atoms with Gasteiger partial charge >= 0.3 is 5.91 Å². The highest BCUT2D eigenvalue weighted by atomic mass is 15.7. The molecule has 8 nitrogen and oxygen atoms in total. The second-order valence-corrected chi connectivity index (χ2v) is 11.9. The van der Waals surface area contributed by atoms with E-state index in [9.17, 15) is 0 Å². The molecule has 8 heteroatoms. The first-order valence-electron chi connectivity index (χ1n) is 15.2. The van der Waals surface area contributed by atoms with Crippen LogP contribution in [0.5, 0.6) is 0 Å². The standard InChI is InChI=1S/C33H16N8.C3H8/c1-2-10-18-17(9-1)25-34-27-19-11-3-4-12-20(19)29-36-31-23-15-7-8-16-24(23)32-37-30-22-14-6-5-13-21(22)28-35-26(18)38(25)33(39(27)29,40(28)30)41(31)32;1-3-2/h1-16H;3H2,1-2H3/q+2;. The largest absolute Gasteiger partial charge is 0.404 e. The minimum absolute atomic E-state index is 0.898. The van der Waals surface area contributed by atoms with Crippen LogP contribution in [0.4, 0.5) is 11.6 Å². The third-order valence-corrected chi connectivity index (χ3v) is 9.38. The minimum Gasteiger partial charge on any atom is -0.192 e. The van der Waals surface area contributed by atoms with Crippen LogP contribution in [0.2, 0.25) is 0 Å². The van der Waals surface area contributed by atoms with E-state index in [-0.39, 0.29) is 0 Å². The molecule has 2 aromatic heterocycles. The fourth-order valence-electron chi connectivity index (χ4n) is 7.88. The van der Waals surface area contributed by atoms with Gasteiger partial charge in [0.25, 0.3) is 23.3 Å². The zero-order chi connectivity index (χ0) is 28.9. The Labute approximate surface area is 250 Å². The van der Waals surface area contributed by atoms with Gasteiger partial charge in [0.15, 0.2) is 0 Å². The van der Waals surface area contributed by atoms with Crippen LogP contribution in [0.1, 0.15) is 42.5 Å². The van der Waals surface area contributed by atoms with Gasteiger partial charge in [0, 0.05) is 21.5 Å². The van der Waals surface area contributed by atoms with Gasteiger partial charge in [-0.25, -0.2) is 0 Å². The molecule has 0 fully saturated rings. The molecular formula is C36H24N8+2. The maximum atomic E-state index is 5.42. The van der Waals surface area contributed by atoms with Crippen molar-refractivity contribution in [3.63, 3.8) is 0 Å². The predicted octanol–water partition coefficient (Wildman–Crippen LogP) is 5.12. The van der Waals surface area contributed by atoms with Gasteiger partial charge in [-0.15, -0.1) is 9.15 Å². The monoisotopic (exact) mass is 568 g/mol. The lowest BCUT2D eigenvalue weighted by Gasteiger charge is -2.40. The van der Waals surface area contributed by atoms with Crippen LogP contribution in [-0.2, 0) is 5.91 Å². The molecule has 6 aliphatic rings. The van der Waals surface area contributed by atoms with Gasteiger partial charge < -0.3 is 0 Å². The van der Waals surface area contributed by atoms with Crippen molar-refractivity contribution in [2.24, 2.45) is 20.0 Å². The summed E-state index contributed by atoms with van der Waals surface area (Å²) in [6, 6.07) is 34.0. The number of aromatic nitrogens is 2. The fourth-order valence-corrected chi connectivity index (χ4v) is 7.88. The average Bonchev–Trinajstić information content (AvgIpc) is 3.78. The lowest BCUT2D eigenvalue weighted by Crippen LogP contribution is -2.71. The highest BCUT2D eigenvalue weighted by molar-refractivity contribution is 6.20. The third-order valence-electron chi connectivity index (χ3n) is 9.38. The van der Waals surface area contributed by atoms with Crippen LogP contribution in [-0.4, -0.2) is 41.6 Å². The number of nitrogens with zero attached hydrogens (tertiary/aromatic N) is 8. The first kappa shape index (κ1) is 22.8. The van der Waals surface area contributed by atoms with E-state index in [1.54, 1.807) is 0 Å². The Bertz CT molecular complexity index is 2480. The summed E-state index contributed by atoms with van der Waals surface area (Å²) in [6.07, 6.45) is 1.25. The van der Waals surface area contributed by atoms with Gasteiger partial charge in [0.05, 0.1) is 22.3 Å². The molecule has 6 aliphatic heterocycles. The minimum atomic E-state index is -0.923. The molecule has 12 rings (SSSR count). The number of benzene rings is 4. The summed E-state index contributed by atoms with van der Waals surface area (Å²) < 4.78 is 9.32. The molecule has 0 atom stereocenters. The predicted molar refractivity (Wildman–Crippen MR) is 170 cm³/mol. The van der Waals surface area contributed by atoms with Gasteiger partial charge in [-0.3, -0.25) is 0 Å². The van der Waals surface area contributed by atoms with E-state index in [1.807, 2.05) is 0 Å². The Morgan fingerprint density at radius 3 is 1.34 bits per heavy atom. The molecule has 44 heavy (non-hydrogen) atoms. The number of fused-ring (bicyclic) bond motifs is 12. The van der Waals surface area contributed by atoms with Crippen LogP contribution in [0.25, 0.3) is 21.5 Å². The van der Waals surface area contributed by atoms with E-state index in [2.05, 4.69) is 129 Å². The van der Waals surface area contributed by atoms with Crippen molar-refractivity contribution in [3.05, 3.63) is 130 Å². The van der Waals surface area contributed by atoms with E-state index >= 15 is 0 Å². The topological polar surface area (TPSA) is 65.3 Å². The fraction of sp³-hybridized carbons (Fsp3) is 0.111. The van der Waals surface area contributed by atoms with Crippen molar-refractivity contribution in [1.29, 1.82) is 0 Å². The molecule has 0 radical (unpaired) electrons. The molecule has 206 valence electrons. The van der Waals surface area contributed by atoms with Gasteiger partial charge in [-0.05, 0) is 48.5 Å². The Hall–Kier alpha value is -5.76. The molecule has 4 aromatic carbocycles. The maximum absolute atomic E-state index is 5.42. The molecule has 1 spiro atoms. The molecule has 6 aromatic rings. The molecule has 0 saturated carbocycles. The van der Waals surface area contributed by atoms with E-state index in [0.717, 1.165) is 89.8 Å². The van der Waals surface area contributed by atoms with Gasteiger partial charge in [0.1, 0.15) is 0 Å². The average molecular weight is 569 g/mol. The Morgan fingerprint density at radius 1 is 0.500 bits per heavy atom. The smallest absolute Gasteiger partial charge is 0.192 e. The van der Waals surface area contributed by atoms with Crippen molar-refractivity contribution < 1.29 is 9.15 Å². The SMILES string of the molecule is CCC.c1ccc2c(c1)C1=Nc3c4ccccc4c4n3C35n6c(c7ccccc7c6=NC6=[N+]3C(=N4)c3ccccc36)=NC2=[N+]15. The molecular weight excluding hydrogens is 544 g/mol. The molecule has 8 heterocycles. The van der Waals surface area contributed by atoms with E-state index in [1.165, 1.54) is 6.42 Å². The van der Waals surface area contributed by atoms with Crippen molar-refractivity contribution in [2.45, 2.75) is 26.2 Å². The second-order valence-electron chi connectivity index (χ2n) is 11.9. The Morgan fingerprint density at radius 2 is 0.886 bits per heavy atom. The number of hydrogen-bond acceptors (Lipinski definition) is 4. The quantitative estimate of drug-likeness (QED) is 0.228. The van der Waals surface area contributed by atoms with Crippen LogP contribution < -0.4 is 11.0 Å². The number of rotatable bonds is 0. The normalized spacial score (nSPS) is 17.6. The first-order valence-corrected chi connectivity index (χ1v) is 15.2. The highest BCUT2D eigenvalue weighted by Crippen LogP contribution is 2.52. The van der Waals surface area contributed by atoms with E-state index in [4.69, 9.17) is 20.0 Å². The maximum Gasteiger partial charge on any atom is 0.404 e. The van der Waals surface area contributed by atoms with Crippen LogP contribution in [0.15, 0.2) is 117 Å². The summed E-state index contributed by atoms with van der Waals surface area (Å²) in [6.45, 7) is 4.25. The second kappa shape index (κ2) is 7.41. The van der Waals surface area contributed by atoms with Crippen LogP contribution in [0, 0.1) is 0 Å². The highest BCUT2D eigenvalue weighted by Gasteiger charge is 2.69. The molecule has 0 aliphatic carbocycles. The molecule has 0 unspecified atom stereocenters. The third kappa shape index (κ3) is 2.22. The Balaban J connectivity index is 0.000000782. The summed E-state index contributed by atoms with van der Waals surface area (Å²) >= 11 is 0. The molecule has 0 amide bonds. The summed E-state index contributed by atoms with van der Waals surface area (Å²) in [7, 11) is 0. The van der Waals surface area contributed by atoms with Crippen molar-refractivity contribution >= 4 is 56.5 Å². The zero-order valence-corrected chi connectivity index (χ0v) is 24.0. The van der Waals surface area contributed by atoms with Gasteiger partial charge in [0.2, 0.25) is 22.6 Å². The van der Waals surface area contributed by atoms with Crippen LogP contribution in [0.3, 0.4) is 0 Å². The summed E-state index contributed by atoms with van der Waals surface area (Å²) in [5.74, 6) is 4.46.